The van der Waals surface area contributed by atoms with Crippen LogP contribution in [0.1, 0.15) is 30.0 Å². The largest absolute Gasteiger partial charge is 0.418 e. The van der Waals surface area contributed by atoms with E-state index in [-0.39, 0.29) is 5.56 Å². The van der Waals surface area contributed by atoms with E-state index >= 15 is 0 Å². The monoisotopic (exact) mass is 353 g/mol. The topological polar surface area (TPSA) is 51.0 Å². The molecule has 3 rings (SSSR count). The van der Waals surface area contributed by atoms with E-state index in [1.807, 2.05) is 17.5 Å². The van der Waals surface area contributed by atoms with E-state index in [2.05, 4.69) is 15.5 Å². The van der Waals surface area contributed by atoms with Crippen molar-refractivity contribution >= 4 is 17.0 Å². The van der Waals surface area contributed by atoms with Crippen LogP contribution in [0.4, 0.5) is 18.9 Å². The van der Waals surface area contributed by atoms with Crippen LogP contribution in [-0.2, 0) is 6.18 Å². The average molecular weight is 353 g/mol. The van der Waals surface area contributed by atoms with Crippen LogP contribution >= 0.6 is 11.3 Å². The molecule has 0 aliphatic carbocycles. The smallest absolute Gasteiger partial charge is 0.416 e. The van der Waals surface area contributed by atoms with Crippen molar-refractivity contribution < 1.29 is 17.6 Å². The third-order valence-corrected chi connectivity index (χ3v) is 4.33. The second-order valence-corrected chi connectivity index (χ2v) is 6.26. The molecule has 1 atom stereocenters. The molecule has 0 amide bonds. The Morgan fingerprint density at radius 2 is 2.00 bits per heavy atom. The predicted molar refractivity (Wildman–Crippen MR) is 85.8 cm³/mol. The molecule has 0 bridgehead atoms. The fourth-order valence-electron chi connectivity index (χ4n) is 2.24. The van der Waals surface area contributed by atoms with Crippen LogP contribution in [-0.4, -0.2) is 10.2 Å². The first-order chi connectivity index (χ1) is 11.3. The molecule has 4 nitrogen and oxygen atoms in total. The van der Waals surface area contributed by atoms with Crippen molar-refractivity contribution in [3.8, 4) is 10.8 Å². The molecular formula is C16H14F3N3OS. The molecule has 0 saturated carbocycles. The van der Waals surface area contributed by atoms with Crippen molar-refractivity contribution in [3.63, 3.8) is 0 Å². The summed E-state index contributed by atoms with van der Waals surface area (Å²) in [5, 5.41) is 12.8. The highest BCUT2D eigenvalue weighted by atomic mass is 32.1. The zero-order chi connectivity index (χ0) is 17.3. The summed E-state index contributed by atoms with van der Waals surface area (Å²) in [5.41, 5.74) is -0.140. The number of halogens is 3. The minimum absolute atomic E-state index is 0.179. The Bertz CT molecular complexity index is 827. The fraction of sp³-hybridized carbons (Fsp3) is 0.250. The van der Waals surface area contributed by atoms with Crippen LogP contribution < -0.4 is 5.32 Å². The van der Waals surface area contributed by atoms with Gasteiger partial charge < -0.3 is 9.73 Å². The molecule has 3 aromatic rings. The lowest BCUT2D eigenvalue weighted by Crippen LogP contribution is -2.11. The summed E-state index contributed by atoms with van der Waals surface area (Å²) in [7, 11) is 0. The number of thiophene rings is 1. The van der Waals surface area contributed by atoms with Crippen molar-refractivity contribution in [2.75, 3.05) is 5.32 Å². The van der Waals surface area contributed by atoms with Crippen LogP contribution in [0.3, 0.4) is 0 Å². The highest BCUT2D eigenvalue weighted by molar-refractivity contribution is 7.13. The molecule has 8 heteroatoms. The summed E-state index contributed by atoms with van der Waals surface area (Å²) < 4.78 is 44.5. The first-order valence-electron chi connectivity index (χ1n) is 7.16. The molecule has 0 aliphatic rings. The normalized spacial score (nSPS) is 13.0. The molecule has 2 heterocycles. The molecule has 24 heavy (non-hydrogen) atoms. The Labute approximate surface area is 140 Å². The Balaban J connectivity index is 1.79. The second-order valence-electron chi connectivity index (χ2n) is 5.32. The molecule has 0 saturated heterocycles. The van der Waals surface area contributed by atoms with E-state index in [4.69, 9.17) is 4.42 Å². The molecule has 0 radical (unpaired) electrons. The highest BCUT2D eigenvalue weighted by Crippen LogP contribution is 2.34. The van der Waals surface area contributed by atoms with Gasteiger partial charge in [-0.1, -0.05) is 12.1 Å². The van der Waals surface area contributed by atoms with Crippen LogP contribution in [0.5, 0.6) is 0 Å². The number of rotatable bonds is 4. The maximum absolute atomic E-state index is 13.0. The molecule has 1 N–H and O–H groups in total. The lowest BCUT2D eigenvalue weighted by molar-refractivity contribution is -0.138. The minimum Gasteiger partial charge on any atom is -0.418 e. The summed E-state index contributed by atoms with van der Waals surface area (Å²) >= 11 is 1.47. The van der Waals surface area contributed by atoms with E-state index < -0.39 is 17.8 Å². The Morgan fingerprint density at radius 3 is 2.67 bits per heavy atom. The van der Waals surface area contributed by atoms with Gasteiger partial charge >= 0.3 is 6.18 Å². The van der Waals surface area contributed by atoms with Gasteiger partial charge in [0.25, 0.3) is 5.89 Å². The van der Waals surface area contributed by atoms with Crippen LogP contribution in [0.2, 0.25) is 0 Å². The average Bonchev–Trinajstić information content (AvgIpc) is 3.18. The Hall–Kier alpha value is -2.35. The van der Waals surface area contributed by atoms with Gasteiger partial charge in [0.2, 0.25) is 5.89 Å². The zero-order valence-corrected chi connectivity index (χ0v) is 13.7. The van der Waals surface area contributed by atoms with Gasteiger partial charge in [-0.15, -0.1) is 21.5 Å². The molecule has 0 aliphatic heterocycles. The lowest BCUT2D eigenvalue weighted by atomic mass is 10.1. The highest BCUT2D eigenvalue weighted by Gasteiger charge is 2.32. The molecule has 126 valence electrons. The summed E-state index contributed by atoms with van der Waals surface area (Å²) in [5.74, 6) is 0.709. The van der Waals surface area contributed by atoms with Gasteiger partial charge in [0.1, 0.15) is 6.04 Å². The van der Waals surface area contributed by atoms with Gasteiger partial charge in [-0.2, -0.15) is 13.2 Å². The third kappa shape index (κ3) is 3.43. The van der Waals surface area contributed by atoms with Gasteiger partial charge in [-0.05, 0) is 43.0 Å². The van der Waals surface area contributed by atoms with Crippen molar-refractivity contribution in [2.45, 2.75) is 26.1 Å². The van der Waals surface area contributed by atoms with Crippen molar-refractivity contribution in [1.82, 2.24) is 10.2 Å². The number of nitrogens with zero attached hydrogens (tertiary/aromatic N) is 2. The number of aromatic nitrogens is 2. The van der Waals surface area contributed by atoms with Gasteiger partial charge in [0.05, 0.1) is 10.4 Å². The SMILES string of the molecule is Cc1ccc(NC(C)c2nnc(-c3cccs3)o2)cc1C(F)(F)F. The summed E-state index contributed by atoms with van der Waals surface area (Å²) in [6, 6.07) is 7.42. The van der Waals surface area contributed by atoms with Crippen molar-refractivity contribution in [1.29, 1.82) is 0 Å². The van der Waals surface area contributed by atoms with Gasteiger partial charge in [0, 0.05) is 5.69 Å². The van der Waals surface area contributed by atoms with Crippen LogP contribution in [0.15, 0.2) is 40.1 Å². The number of alkyl halides is 3. The van der Waals surface area contributed by atoms with E-state index in [1.165, 1.54) is 24.3 Å². The number of hydrogen-bond donors (Lipinski definition) is 1. The van der Waals surface area contributed by atoms with E-state index in [0.29, 0.717) is 17.5 Å². The molecule has 0 spiro atoms. The molecule has 1 unspecified atom stereocenters. The Morgan fingerprint density at radius 1 is 1.21 bits per heavy atom. The zero-order valence-electron chi connectivity index (χ0n) is 12.9. The number of aryl methyl sites for hydroxylation is 1. The van der Waals surface area contributed by atoms with Crippen molar-refractivity contribution in [2.24, 2.45) is 0 Å². The summed E-state index contributed by atoms with van der Waals surface area (Å²) in [4.78, 5) is 0.843. The minimum atomic E-state index is -4.39. The molecular weight excluding hydrogens is 339 g/mol. The maximum Gasteiger partial charge on any atom is 0.416 e. The number of nitrogens with one attached hydrogen (secondary N) is 1. The third-order valence-electron chi connectivity index (χ3n) is 3.47. The number of hydrogen-bond acceptors (Lipinski definition) is 5. The Kier molecular flexibility index (Phi) is 4.31. The fourth-order valence-corrected chi connectivity index (χ4v) is 2.88. The van der Waals surface area contributed by atoms with Crippen LogP contribution in [0, 0.1) is 6.92 Å². The first kappa shape index (κ1) is 16.5. The summed E-state index contributed by atoms with van der Waals surface area (Å²) in [6.07, 6.45) is -4.39. The first-order valence-corrected chi connectivity index (χ1v) is 8.04. The lowest BCUT2D eigenvalue weighted by Gasteiger charge is -2.15. The summed E-state index contributed by atoms with van der Waals surface area (Å²) in [6.45, 7) is 3.18. The van der Waals surface area contributed by atoms with Crippen LogP contribution in [0.25, 0.3) is 10.8 Å². The maximum atomic E-state index is 13.0. The second kappa shape index (κ2) is 6.27. The predicted octanol–water partition coefficient (Wildman–Crippen LogP) is 5.30. The van der Waals surface area contributed by atoms with E-state index in [9.17, 15) is 13.2 Å². The molecule has 2 aromatic heterocycles. The number of benzene rings is 1. The quantitative estimate of drug-likeness (QED) is 0.692. The van der Waals surface area contributed by atoms with Gasteiger partial charge in [-0.25, -0.2) is 0 Å². The number of anilines is 1. The van der Waals surface area contributed by atoms with Gasteiger partial charge in [-0.3, -0.25) is 0 Å². The van der Waals surface area contributed by atoms with E-state index in [0.717, 1.165) is 10.9 Å². The van der Waals surface area contributed by atoms with Crippen molar-refractivity contribution in [3.05, 3.63) is 52.7 Å². The molecule has 0 fully saturated rings. The van der Waals surface area contributed by atoms with E-state index in [1.54, 1.807) is 13.0 Å². The molecule has 1 aromatic carbocycles. The van der Waals surface area contributed by atoms with Gasteiger partial charge in [0.15, 0.2) is 0 Å². The standard InChI is InChI=1S/C16H14F3N3OS/c1-9-5-6-11(8-12(9)16(17,18)19)20-10(2)14-21-22-15(23-14)13-4-3-7-24-13/h3-8,10,20H,1-2H3.